The maximum absolute atomic E-state index is 14.1. The number of thiophene rings is 2. The second-order valence-corrected chi connectivity index (χ2v) is 16.0. The number of allylic oxidation sites excluding steroid dienone is 2. The van der Waals surface area contributed by atoms with Crippen molar-refractivity contribution in [2.75, 3.05) is 0 Å². The molecule has 2 aromatic heterocycles. The highest BCUT2D eigenvalue weighted by atomic mass is 35.5. The first-order valence-electron chi connectivity index (χ1n) is 13.3. The molecule has 4 atom stereocenters. The van der Waals surface area contributed by atoms with Gasteiger partial charge in [-0.05, 0) is 60.4 Å². The molecule has 6 nitrogen and oxygen atoms in total. The number of halogens is 2. The fourth-order valence-corrected chi connectivity index (χ4v) is 11.5. The van der Waals surface area contributed by atoms with E-state index in [0.29, 0.717) is 41.0 Å². The Morgan fingerprint density at radius 1 is 0.705 bits per heavy atom. The molecule has 2 aromatic carbocycles. The lowest BCUT2D eigenvalue weighted by Crippen LogP contribution is -2.23. The van der Waals surface area contributed by atoms with Gasteiger partial charge in [-0.25, -0.2) is 0 Å². The van der Waals surface area contributed by atoms with Gasteiger partial charge in [0.25, 0.3) is 0 Å². The predicted octanol–water partition coefficient (Wildman–Crippen LogP) is 8.44. The number of benzene rings is 2. The molecule has 0 radical (unpaired) electrons. The molecular formula is C32H22Cl2N4O2S4. The molecule has 4 N–H and O–H groups in total. The summed E-state index contributed by atoms with van der Waals surface area (Å²) in [5.74, 6) is -1.20. The molecule has 0 saturated heterocycles. The molecule has 4 unspecified atom stereocenters. The lowest BCUT2D eigenvalue weighted by molar-refractivity contribution is 0.0981. The minimum atomic E-state index is -0.604. The van der Waals surface area contributed by atoms with E-state index in [-0.39, 0.29) is 11.6 Å². The van der Waals surface area contributed by atoms with Gasteiger partial charge in [-0.1, -0.05) is 71.0 Å². The summed E-state index contributed by atoms with van der Waals surface area (Å²) in [7, 11) is 0. The molecule has 4 heterocycles. The van der Waals surface area contributed by atoms with Crippen LogP contribution in [0.2, 0.25) is 10.0 Å². The van der Waals surface area contributed by atoms with Crippen LogP contribution in [0.1, 0.15) is 53.4 Å². The number of fused-ring (bicyclic) bond motifs is 1. The van der Waals surface area contributed by atoms with Gasteiger partial charge < -0.3 is 11.5 Å². The highest BCUT2D eigenvalue weighted by Crippen LogP contribution is 2.51. The van der Waals surface area contributed by atoms with Crippen LogP contribution >= 0.6 is 69.4 Å². The van der Waals surface area contributed by atoms with E-state index < -0.39 is 22.3 Å². The van der Waals surface area contributed by atoms with Gasteiger partial charge in [0, 0.05) is 27.3 Å². The molecule has 0 saturated carbocycles. The van der Waals surface area contributed by atoms with Crippen LogP contribution in [-0.4, -0.2) is 22.1 Å². The molecule has 12 heteroatoms. The second-order valence-electron chi connectivity index (χ2n) is 10.4. The highest BCUT2D eigenvalue weighted by molar-refractivity contribution is 8.05. The summed E-state index contributed by atoms with van der Waals surface area (Å²) in [6.45, 7) is 3.79. The van der Waals surface area contributed by atoms with E-state index in [2.05, 4.69) is 12.1 Å². The summed E-state index contributed by atoms with van der Waals surface area (Å²) in [5.41, 5.74) is 16.4. The molecule has 220 valence electrons. The maximum atomic E-state index is 14.1. The quantitative estimate of drug-likeness (QED) is 0.192. The Bertz CT molecular complexity index is 1870. The number of ketones is 2. The van der Waals surface area contributed by atoms with Crippen molar-refractivity contribution < 1.29 is 9.59 Å². The first-order valence-corrected chi connectivity index (χ1v) is 17.4. The number of hydrogen-bond donors (Lipinski definition) is 2. The Kier molecular flexibility index (Phi) is 8.36. The number of rotatable bonds is 6. The van der Waals surface area contributed by atoms with E-state index in [1.54, 1.807) is 24.3 Å². The van der Waals surface area contributed by atoms with E-state index in [9.17, 15) is 20.1 Å². The Balaban J connectivity index is 1.34. The normalized spacial score (nSPS) is 21.6. The van der Waals surface area contributed by atoms with E-state index in [4.69, 9.17) is 34.7 Å². The Morgan fingerprint density at radius 2 is 1.07 bits per heavy atom. The fourth-order valence-electron chi connectivity index (χ4n) is 5.83. The predicted molar refractivity (Wildman–Crippen MR) is 183 cm³/mol. The van der Waals surface area contributed by atoms with Gasteiger partial charge in [0.05, 0.1) is 57.6 Å². The maximum Gasteiger partial charge on any atom is 0.187 e. The van der Waals surface area contributed by atoms with Gasteiger partial charge in [-0.2, -0.15) is 10.5 Å². The smallest absolute Gasteiger partial charge is 0.187 e. The van der Waals surface area contributed by atoms with Crippen molar-refractivity contribution in [1.29, 1.82) is 10.5 Å². The molecule has 0 fully saturated rings. The van der Waals surface area contributed by atoms with Crippen molar-refractivity contribution in [2.24, 2.45) is 11.5 Å². The molecule has 0 aliphatic carbocycles. The summed E-state index contributed by atoms with van der Waals surface area (Å²) in [6, 6.07) is 18.7. The molecule has 0 bridgehead atoms. The average molecular weight is 694 g/mol. The van der Waals surface area contributed by atoms with Crippen molar-refractivity contribution >= 4 is 90.4 Å². The second kappa shape index (κ2) is 11.9. The molecule has 2 aliphatic heterocycles. The monoisotopic (exact) mass is 692 g/mol. The number of aryl methyl sites for hydroxylation is 2. The lowest BCUT2D eigenvalue weighted by atomic mass is 9.86. The number of Topliss-reactive ketones (excluding diaryl/α,β-unsaturated/α-hetero) is 2. The van der Waals surface area contributed by atoms with Crippen LogP contribution in [0.3, 0.4) is 0 Å². The van der Waals surface area contributed by atoms with Crippen molar-refractivity contribution in [1.82, 2.24) is 0 Å². The number of carbonyl (C=O) groups is 2. The number of thioether (sulfide) groups is 2. The van der Waals surface area contributed by atoms with E-state index in [1.807, 2.05) is 38.1 Å². The number of nitrogens with zero attached hydrogens (tertiary/aromatic N) is 2. The van der Waals surface area contributed by atoms with Crippen LogP contribution in [0.25, 0.3) is 9.40 Å². The number of carbonyl (C=O) groups excluding carboxylic acids is 2. The van der Waals surface area contributed by atoms with Crippen LogP contribution in [-0.2, 0) is 0 Å². The summed E-state index contributed by atoms with van der Waals surface area (Å²) >= 11 is 17.3. The van der Waals surface area contributed by atoms with Crippen molar-refractivity contribution in [3.8, 4) is 12.1 Å². The third-order valence-corrected chi connectivity index (χ3v) is 13.6. The van der Waals surface area contributed by atoms with Gasteiger partial charge in [-0.15, -0.1) is 22.7 Å². The molecule has 0 spiro atoms. The standard InChI is InChI=1S/C32H22Cl2N4O2S4/c1-13-21-14(2)27(25(40)29-23(20(12-36)31(38)42-29)16-5-9-18(34)10-6-16)44-32(21)43-26(13)24(39)28-22(19(11-35)30(37)41-28)15-3-7-17(33)8-4-15/h3-10,22-23,28-29H,37-38H2,1-2H3. The van der Waals surface area contributed by atoms with Crippen molar-refractivity contribution in [3.05, 3.63) is 112 Å². The molecule has 0 amide bonds. The SMILES string of the molecule is Cc1c(C(=O)C2SC(N)=C(C#N)C2c2ccc(Cl)cc2)sc2sc(C(=O)C3SC(N)=C(C#N)C3c3ccc(Cl)cc3)c(C)c12. The largest absolute Gasteiger partial charge is 0.393 e. The lowest BCUT2D eigenvalue weighted by Gasteiger charge is -2.19. The summed E-state index contributed by atoms with van der Waals surface area (Å²) in [4.78, 5) is 29.4. The molecule has 6 rings (SSSR count). The van der Waals surface area contributed by atoms with Gasteiger partial charge in [0.2, 0.25) is 0 Å². The number of nitriles is 2. The first kappa shape index (κ1) is 30.8. The third-order valence-electron chi connectivity index (χ3n) is 7.95. The Hall–Kier alpha value is -3.22. The summed E-state index contributed by atoms with van der Waals surface area (Å²) < 4.78 is 0.867. The van der Waals surface area contributed by atoms with E-state index >= 15 is 0 Å². The molecule has 2 aliphatic rings. The van der Waals surface area contributed by atoms with Gasteiger partial charge in [0.15, 0.2) is 11.6 Å². The summed E-state index contributed by atoms with van der Waals surface area (Å²) in [6.07, 6.45) is 0. The zero-order chi connectivity index (χ0) is 31.4. The first-order chi connectivity index (χ1) is 21.0. The topological polar surface area (TPSA) is 134 Å². The Labute approximate surface area is 280 Å². The van der Waals surface area contributed by atoms with E-state index in [0.717, 1.165) is 31.7 Å². The minimum absolute atomic E-state index is 0.105. The van der Waals surface area contributed by atoms with Crippen LogP contribution in [0.15, 0.2) is 69.7 Å². The zero-order valence-electron chi connectivity index (χ0n) is 23.2. The zero-order valence-corrected chi connectivity index (χ0v) is 28.0. The Morgan fingerprint density at radius 3 is 1.39 bits per heavy atom. The van der Waals surface area contributed by atoms with Crippen LogP contribution < -0.4 is 11.5 Å². The van der Waals surface area contributed by atoms with Crippen LogP contribution in [0.5, 0.6) is 0 Å². The summed E-state index contributed by atoms with van der Waals surface area (Å²) in [5, 5.41) is 21.3. The number of hydrogen-bond acceptors (Lipinski definition) is 10. The minimum Gasteiger partial charge on any atom is -0.393 e. The van der Waals surface area contributed by atoms with Crippen LogP contribution in [0.4, 0.5) is 0 Å². The van der Waals surface area contributed by atoms with Gasteiger partial charge in [-0.3, -0.25) is 9.59 Å². The van der Waals surface area contributed by atoms with Crippen molar-refractivity contribution in [3.63, 3.8) is 0 Å². The van der Waals surface area contributed by atoms with Gasteiger partial charge >= 0.3 is 0 Å². The molecular weight excluding hydrogens is 672 g/mol. The van der Waals surface area contributed by atoms with Crippen LogP contribution in [0, 0.1) is 36.5 Å². The van der Waals surface area contributed by atoms with E-state index in [1.165, 1.54) is 46.2 Å². The average Bonchev–Trinajstić information content (AvgIpc) is 3.73. The highest BCUT2D eigenvalue weighted by Gasteiger charge is 2.44. The molecule has 44 heavy (non-hydrogen) atoms. The number of nitrogens with two attached hydrogens (primary N) is 2. The third kappa shape index (κ3) is 5.04. The fraction of sp³-hybridized carbons (Fsp3) is 0.188. The van der Waals surface area contributed by atoms with Crippen molar-refractivity contribution in [2.45, 2.75) is 36.2 Å². The molecule has 4 aromatic rings. The van der Waals surface area contributed by atoms with Gasteiger partial charge in [0.1, 0.15) is 0 Å².